The van der Waals surface area contributed by atoms with Gasteiger partial charge in [-0.3, -0.25) is 0 Å². The Morgan fingerprint density at radius 2 is 0.714 bits per heavy atom. The van der Waals surface area contributed by atoms with Gasteiger partial charge in [-0.25, -0.2) is 0 Å². The molecule has 42 heavy (non-hydrogen) atoms. The lowest BCUT2D eigenvalue weighted by atomic mass is 9.93. The Bertz CT molecular complexity index is 2140. The molecule has 8 aromatic carbocycles. The molecule has 0 spiro atoms. The van der Waals surface area contributed by atoms with E-state index in [0.29, 0.717) is 0 Å². The second-order valence-corrected chi connectivity index (χ2v) is 11.0. The Labute approximate surface area is 245 Å². The fraction of sp³-hybridized carbons (Fsp3) is 0. The van der Waals surface area contributed by atoms with Crippen molar-refractivity contribution in [3.05, 3.63) is 169 Å². The molecule has 0 atom stereocenters. The van der Waals surface area contributed by atoms with Crippen molar-refractivity contribution >= 4 is 55.2 Å². The molecule has 0 heteroatoms. The molecule has 0 N–H and O–H groups in total. The normalized spacial score (nSPS) is 11.7. The zero-order valence-electron chi connectivity index (χ0n) is 23.2. The second kappa shape index (κ2) is 10.2. The standard InChI is InChI=1S/C42H28/c1-3-15-35-31(11-1)23-25-41-37(17-7-19-39(35)41)33-13-5-9-29(27-33)21-22-30-10-6-14-34(28-30)38-18-8-20-40-36-16-4-2-12-32(36)24-26-42(38)40/h1-28H. The Morgan fingerprint density at radius 3 is 1.21 bits per heavy atom. The summed E-state index contributed by atoms with van der Waals surface area (Å²) in [5.74, 6) is 0. The lowest BCUT2D eigenvalue weighted by Gasteiger charge is -2.11. The Balaban J connectivity index is 1.15. The zero-order valence-corrected chi connectivity index (χ0v) is 23.2. The third kappa shape index (κ3) is 4.26. The predicted molar refractivity (Wildman–Crippen MR) is 183 cm³/mol. The topological polar surface area (TPSA) is 0 Å². The van der Waals surface area contributed by atoms with Crippen molar-refractivity contribution in [1.29, 1.82) is 0 Å². The van der Waals surface area contributed by atoms with Gasteiger partial charge in [-0.1, -0.05) is 158 Å². The zero-order chi connectivity index (χ0) is 27.9. The molecule has 0 bridgehead atoms. The van der Waals surface area contributed by atoms with Crippen LogP contribution in [0, 0.1) is 0 Å². The number of hydrogen-bond acceptors (Lipinski definition) is 0. The van der Waals surface area contributed by atoms with Crippen LogP contribution < -0.4 is 0 Å². The van der Waals surface area contributed by atoms with Gasteiger partial charge in [0.2, 0.25) is 0 Å². The van der Waals surface area contributed by atoms with E-state index in [-0.39, 0.29) is 0 Å². The molecular weight excluding hydrogens is 504 g/mol. The minimum Gasteiger partial charge on any atom is -0.0616 e. The molecule has 0 nitrogen and oxygen atoms in total. The van der Waals surface area contributed by atoms with Crippen molar-refractivity contribution in [1.82, 2.24) is 0 Å². The van der Waals surface area contributed by atoms with Crippen LogP contribution in [-0.4, -0.2) is 0 Å². The van der Waals surface area contributed by atoms with Gasteiger partial charge in [0.1, 0.15) is 0 Å². The minimum absolute atomic E-state index is 1.19. The molecule has 0 aliphatic rings. The largest absolute Gasteiger partial charge is 0.0616 e. The van der Waals surface area contributed by atoms with Gasteiger partial charge in [-0.2, -0.15) is 0 Å². The minimum atomic E-state index is 1.19. The van der Waals surface area contributed by atoms with E-state index < -0.39 is 0 Å². The summed E-state index contributed by atoms with van der Waals surface area (Å²) in [5, 5.41) is 10.3. The summed E-state index contributed by atoms with van der Waals surface area (Å²) < 4.78 is 0. The molecule has 0 heterocycles. The van der Waals surface area contributed by atoms with Crippen molar-refractivity contribution in [2.45, 2.75) is 0 Å². The van der Waals surface area contributed by atoms with Crippen molar-refractivity contribution in [3.8, 4) is 22.3 Å². The molecule has 0 aliphatic heterocycles. The van der Waals surface area contributed by atoms with Crippen LogP contribution in [0.4, 0.5) is 0 Å². The molecule has 0 aromatic heterocycles. The highest BCUT2D eigenvalue weighted by Crippen LogP contribution is 2.35. The Kier molecular flexibility index (Phi) is 5.90. The third-order valence-electron chi connectivity index (χ3n) is 8.44. The van der Waals surface area contributed by atoms with E-state index in [9.17, 15) is 0 Å². The highest BCUT2D eigenvalue weighted by Gasteiger charge is 2.08. The van der Waals surface area contributed by atoms with Gasteiger partial charge >= 0.3 is 0 Å². The number of hydrogen-bond donors (Lipinski definition) is 0. The number of rotatable bonds is 4. The molecule has 8 rings (SSSR count). The third-order valence-corrected chi connectivity index (χ3v) is 8.44. The van der Waals surface area contributed by atoms with E-state index in [0.717, 1.165) is 0 Å². The predicted octanol–water partition coefficient (Wildman–Crippen LogP) is 11.8. The molecule has 0 unspecified atom stereocenters. The SMILES string of the molecule is C(=Cc1cccc(-c2cccc3c2ccc2ccccc23)c1)c1cccc(-c2cccc3c2ccc2ccccc23)c1. The van der Waals surface area contributed by atoms with Crippen LogP contribution in [-0.2, 0) is 0 Å². The molecule has 0 radical (unpaired) electrons. The summed E-state index contributed by atoms with van der Waals surface area (Å²) in [7, 11) is 0. The smallest absolute Gasteiger partial charge is 0.00990 e. The van der Waals surface area contributed by atoms with Crippen LogP contribution in [0.25, 0.3) is 77.5 Å². The van der Waals surface area contributed by atoms with Crippen molar-refractivity contribution < 1.29 is 0 Å². The summed E-state index contributed by atoms with van der Waals surface area (Å²) in [6, 6.07) is 57.2. The highest BCUT2D eigenvalue weighted by atomic mass is 14.1. The quantitative estimate of drug-likeness (QED) is 0.156. The van der Waals surface area contributed by atoms with Gasteiger partial charge in [0, 0.05) is 0 Å². The molecule has 0 fully saturated rings. The van der Waals surface area contributed by atoms with Crippen LogP contribution in [0.5, 0.6) is 0 Å². The van der Waals surface area contributed by atoms with E-state index in [1.807, 2.05) is 0 Å². The Hall–Kier alpha value is -5.46. The Morgan fingerprint density at radius 1 is 0.286 bits per heavy atom. The van der Waals surface area contributed by atoms with E-state index in [1.165, 1.54) is 76.5 Å². The van der Waals surface area contributed by atoms with Gasteiger partial charge in [0.25, 0.3) is 0 Å². The van der Waals surface area contributed by atoms with Gasteiger partial charge < -0.3 is 0 Å². The molecule has 196 valence electrons. The van der Waals surface area contributed by atoms with Crippen LogP contribution >= 0.6 is 0 Å². The van der Waals surface area contributed by atoms with E-state index in [1.54, 1.807) is 0 Å². The summed E-state index contributed by atoms with van der Waals surface area (Å²) >= 11 is 0. The summed E-state index contributed by atoms with van der Waals surface area (Å²) in [6.07, 6.45) is 4.44. The lowest BCUT2D eigenvalue weighted by Crippen LogP contribution is -1.85. The molecule has 0 saturated heterocycles. The average Bonchev–Trinajstić information content (AvgIpc) is 3.07. The molecule has 8 aromatic rings. The number of fused-ring (bicyclic) bond motifs is 6. The van der Waals surface area contributed by atoms with Gasteiger partial charge in [-0.15, -0.1) is 0 Å². The van der Waals surface area contributed by atoms with Gasteiger partial charge in [-0.05, 0) is 88.6 Å². The van der Waals surface area contributed by atoms with Crippen LogP contribution in [0.1, 0.15) is 11.1 Å². The average molecular weight is 533 g/mol. The van der Waals surface area contributed by atoms with Crippen molar-refractivity contribution in [3.63, 3.8) is 0 Å². The second-order valence-electron chi connectivity index (χ2n) is 11.0. The van der Waals surface area contributed by atoms with Crippen LogP contribution in [0.2, 0.25) is 0 Å². The van der Waals surface area contributed by atoms with Gasteiger partial charge in [0.05, 0.1) is 0 Å². The van der Waals surface area contributed by atoms with Crippen molar-refractivity contribution in [2.75, 3.05) is 0 Å². The maximum Gasteiger partial charge on any atom is -0.00990 e. The molecule has 0 amide bonds. The lowest BCUT2D eigenvalue weighted by molar-refractivity contribution is 1.61. The first-order valence-electron chi connectivity index (χ1n) is 14.5. The molecule has 0 aliphatic carbocycles. The van der Waals surface area contributed by atoms with Crippen molar-refractivity contribution in [2.24, 2.45) is 0 Å². The fourth-order valence-corrected chi connectivity index (χ4v) is 6.40. The van der Waals surface area contributed by atoms with E-state index >= 15 is 0 Å². The maximum atomic E-state index is 2.29. The first kappa shape index (κ1) is 24.3. The first-order valence-corrected chi connectivity index (χ1v) is 14.5. The first-order chi connectivity index (χ1) is 20.8. The fourth-order valence-electron chi connectivity index (χ4n) is 6.40. The summed E-state index contributed by atoms with van der Waals surface area (Å²) in [6.45, 7) is 0. The van der Waals surface area contributed by atoms with Crippen LogP contribution in [0.15, 0.2) is 158 Å². The van der Waals surface area contributed by atoms with E-state index in [4.69, 9.17) is 0 Å². The molecular formula is C42H28. The monoisotopic (exact) mass is 532 g/mol. The number of benzene rings is 8. The highest BCUT2D eigenvalue weighted by molar-refractivity contribution is 6.13. The van der Waals surface area contributed by atoms with E-state index in [2.05, 4.69) is 170 Å². The summed E-state index contributed by atoms with van der Waals surface area (Å²) in [5.41, 5.74) is 7.36. The molecule has 0 saturated carbocycles. The summed E-state index contributed by atoms with van der Waals surface area (Å²) in [4.78, 5) is 0. The van der Waals surface area contributed by atoms with Crippen LogP contribution in [0.3, 0.4) is 0 Å². The van der Waals surface area contributed by atoms with Gasteiger partial charge in [0.15, 0.2) is 0 Å². The maximum absolute atomic E-state index is 2.29.